The molecule has 0 bridgehead atoms. The number of nitrogens with two attached hydrogens (primary N) is 1. The van der Waals surface area contributed by atoms with Gasteiger partial charge in [-0.05, 0) is 61.4 Å². The Morgan fingerprint density at radius 3 is 2.33 bits per heavy atom. The lowest BCUT2D eigenvalue weighted by atomic mass is 10.2. The first-order chi connectivity index (χ1) is 14.4. The number of rotatable bonds is 5. The molecule has 2 heterocycles. The number of hydrogen-bond acceptors (Lipinski definition) is 6. The van der Waals surface area contributed by atoms with E-state index in [1.165, 1.54) is 16.4 Å². The summed E-state index contributed by atoms with van der Waals surface area (Å²) >= 11 is 0. The first-order valence-electron chi connectivity index (χ1n) is 10.1. The molecule has 2 aliphatic rings. The number of carbonyl (C=O) groups excluding carboxylic acids is 1. The predicted molar refractivity (Wildman–Crippen MR) is 116 cm³/mol. The van der Waals surface area contributed by atoms with Crippen LogP contribution in [0.5, 0.6) is 0 Å². The first-order valence-corrected chi connectivity index (χ1v) is 11.5. The van der Waals surface area contributed by atoms with E-state index >= 15 is 0 Å². The molecule has 1 amide bonds. The van der Waals surface area contributed by atoms with Gasteiger partial charge < -0.3 is 20.7 Å². The Bertz CT molecular complexity index is 987. The molecule has 2 aromatic carbocycles. The summed E-state index contributed by atoms with van der Waals surface area (Å²) in [6, 6.07) is 12.9. The van der Waals surface area contributed by atoms with Gasteiger partial charge in [0.05, 0.1) is 18.1 Å². The quantitative estimate of drug-likeness (QED) is 0.702. The van der Waals surface area contributed by atoms with Gasteiger partial charge in [-0.1, -0.05) is 0 Å². The van der Waals surface area contributed by atoms with E-state index in [1.807, 2.05) is 24.3 Å². The molecule has 0 saturated carbocycles. The monoisotopic (exact) mass is 430 g/mol. The van der Waals surface area contributed by atoms with Gasteiger partial charge in [0.15, 0.2) is 0 Å². The zero-order valence-electron chi connectivity index (χ0n) is 16.7. The van der Waals surface area contributed by atoms with E-state index in [0.29, 0.717) is 44.0 Å². The van der Waals surface area contributed by atoms with Gasteiger partial charge in [0, 0.05) is 36.7 Å². The lowest BCUT2D eigenvalue weighted by molar-refractivity contribution is -0.119. The highest BCUT2D eigenvalue weighted by atomic mass is 32.2. The van der Waals surface area contributed by atoms with E-state index in [-0.39, 0.29) is 10.8 Å². The summed E-state index contributed by atoms with van der Waals surface area (Å²) < 4.78 is 32.7. The van der Waals surface area contributed by atoms with E-state index in [0.717, 1.165) is 18.8 Å². The minimum atomic E-state index is -3.76. The predicted octanol–water partition coefficient (Wildman–Crippen LogP) is 1.90. The van der Waals surface area contributed by atoms with Crippen LogP contribution in [0.1, 0.15) is 12.8 Å². The fraction of sp³-hybridized carbons (Fsp3) is 0.381. The molecule has 1 unspecified atom stereocenters. The molecule has 2 saturated heterocycles. The van der Waals surface area contributed by atoms with E-state index in [4.69, 9.17) is 10.5 Å². The number of amides is 1. The van der Waals surface area contributed by atoms with Crippen molar-refractivity contribution in [2.24, 2.45) is 0 Å². The molecular weight excluding hydrogens is 404 g/mol. The maximum Gasteiger partial charge on any atom is 0.243 e. The molecule has 4 rings (SSSR count). The number of nitrogen functional groups attached to an aromatic ring is 1. The van der Waals surface area contributed by atoms with Crippen LogP contribution < -0.4 is 16.0 Å². The van der Waals surface area contributed by atoms with Crippen LogP contribution in [0, 0.1) is 0 Å². The number of carbonyl (C=O) groups is 1. The Hall–Kier alpha value is -2.62. The molecule has 160 valence electrons. The summed E-state index contributed by atoms with van der Waals surface area (Å²) in [4.78, 5) is 15.3. The summed E-state index contributed by atoms with van der Waals surface area (Å²) in [6.07, 6.45) is 1.13. The fourth-order valence-electron chi connectivity index (χ4n) is 3.87. The van der Waals surface area contributed by atoms with Crippen LogP contribution in [0.3, 0.4) is 0 Å². The van der Waals surface area contributed by atoms with Crippen molar-refractivity contribution in [3.8, 4) is 0 Å². The van der Waals surface area contributed by atoms with Crippen LogP contribution in [-0.2, 0) is 19.6 Å². The highest BCUT2D eigenvalue weighted by Crippen LogP contribution is 2.28. The van der Waals surface area contributed by atoms with Gasteiger partial charge in [0.25, 0.3) is 0 Å². The van der Waals surface area contributed by atoms with Crippen molar-refractivity contribution < 1.29 is 17.9 Å². The molecule has 30 heavy (non-hydrogen) atoms. The minimum absolute atomic E-state index is 0.145. The van der Waals surface area contributed by atoms with Crippen molar-refractivity contribution in [1.82, 2.24) is 4.31 Å². The lowest BCUT2D eigenvalue weighted by Gasteiger charge is -2.29. The molecule has 2 aliphatic heterocycles. The van der Waals surface area contributed by atoms with Gasteiger partial charge in [0.1, 0.15) is 6.04 Å². The molecule has 0 aromatic heterocycles. The second kappa shape index (κ2) is 8.63. The number of morpholine rings is 1. The molecule has 9 heteroatoms. The van der Waals surface area contributed by atoms with E-state index in [2.05, 4.69) is 10.2 Å². The average molecular weight is 431 g/mol. The normalized spacial score (nSPS) is 20.3. The van der Waals surface area contributed by atoms with Crippen LogP contribution in [0.15, 0.2) is 53.4 Å². The topological polar surface area (TPSA) is 105 Å². The third-order valence-electron chi connectivity index (χ3n) is 5.50. The van der Waals surface area contributed by atoms with Crippen LogP contribution in [0.4, 0.5) is 17.1 Å². The number of benzene rings is 2. The third-order valence-corrected chi connectivity index (χ3v) is 7.43. The van der Waals surface area contributed by atoms with Gasteiger partial charge in [-0.15, -0.1) is 0 Å². The lowest BCUT2D eigenvalue weighted by Crippen LogP contribution is -2.43. The molecule has 3 N–H and O–H groups in total. The third kappa shape index (κ3) is 4.28. The van der Waals surface area contributed by atoms with E-state index in [9.17, 15) is 13.2 Å². The van der Waals surface area contributed by atoms with Crippen molar-refractivity contribution in [1.29, 1.82) is 0 Å². The molecular formula is C21H26N4O4S. The molecule has 0 spiro atoms. The van der Waals surface area contributed by atoms with Gasteiger partial charge >= 0.3 is 0 Å². The summed E-state index contributed by atoms with van der Waals surface area (Å²) in [5, 5.41) is 2.87. The van der Waals surface area contributed by atoms with Crippen molar-refractivity contribution in [2.75, 3.05) is 48.8 Å². The highest BCUT2D eigenvalue weighted by Gasteiger charge is 2.39. The summed E-state index contributed by atoms with van der Waals surface area (Å²) in [5.41, 5.74) is 7.87. The smallest absolute Gasteiger partial charge is 0.243 e. The number of nitrogens with zero attached hydrogens (tertiary/aromatic N) is 2. The first kappa shape index (κ1) is 20.6. The standard InChI is InChI=1S/C21H26N4O4S/c22-16-3-9-19(10-4-16)30(27,28)25-11-1-2-20(25)21(26)23-17-5-7-18(8-6-17)24-12-14-29-15-13-24/h3-10,20H,1-2,11-15,22H2,(H,23,26). The van der Waals surface area contributed by atoms with Crippen molar-refractivity contribution in [2.45, 2.75) is 23.8 Å². The Kier molecular flexibility index (Phi) is 5.94. The zero-order valence-corrected chi connectivity index (χ0v) is 17.5. The Morgan fingerprint density at radius 1 is 1.00 bits per heavy atom. The van der Waals surface area contributed by atoms with Gasteiger partial charge in [-0.2, -0.15) is 4.31 Å². The molecule has 8 nitrogen and oxygen atoms in total. The van der Waals surface area contributed by atoms with Gasteiger partial charge in [-0.25, -0.2) is 8.42 Å². The second-order valence-electron chi connectivity index (χ2n) is 7.48. The number of anilines is 3. The molecule has 0 radical (unpaired) electrons. The van der Waals surface area contributed by atoms with Crippen molar-refractivity contribution >= 4 is 33.0 Å². The van der Waals surface area contributed by atoms with Gasteiger partial charge in [0.2, 0.25) is 15.9 Å². The van der Waals surface area contributed by atoms with Crippen LogP contribution in [0.2, 0.25) is 0 Å². The zero-order chi connectivity index (χ0) is 21.1. The number of sulfonamides is 1. The number of hydrogen-bond donors (Lipinski definition) is 2. The minimum Gasteiger partial charge on any atom is -0.399 e. The maximum atomic E-state index is 13.0. The molecule has 2 fully saturated rings. The van der Waals surface area contributed by atoms with E-state index in [1.54, 1.807) is 12.1 Å². The molecule has 0 aliphatic carbocycles. The fourth-order valence-corrected chi connectivity index (χ4v) is 5.52. The largest absolute Gasteiger partial charge is 0.399 e. The summed E-state index contributed by atoms with van der Waals surface area (Å²) in [7, 11) is -3.76. The SMILES string of the molecule is Nc1ccc(S(=O)(=O)N2CCCC2C(=O)Nc2ccc(N3CCOCC3)cc2)cc1. The number of ether oxygens (including phenoxy) is 1. The highest BCUT2D eigenvalue weighted by molar-refractivity contribution is 7.89. The Morgan fingerprint density at radius 2 is 1.67 bits per heavy atom. The Balaban J connectivity index is 1.45. The average Bonchev–Trinajstić information content (AvgIpc) is 3.26. The molecule has 2 aromatic rings. The Labute approximate surface area is 176 Å². The van der Waals surface area contributed by atoms with Crippen molar-refractivity contribution in [3.63, 3.8) is 0 Å². The van der Waals surface area contributed by atoms with Crippen LogP contribution in [-0.4, -0.2) is 57.5 Å². The van der Waals surface area contributed by atoms with E-state index < -0.39 is 16.1 Å². The summed E-state index contributed by atoms with van der Waals surface area (Å²) in [6.45, 7) is 3.41. The number of nitrogens with one attached hydrogen (secondary N) is 1. The second-order valence-corrected chi connectivity index (χ2v) is 9.37. The van der Waals surface area contributed by atoms with Crippen LogP contribution in [0.25, 0.3) is 0 Å². The van der Waals surface area contributed by atoms with Crippen molar-refractivity contribution in [3.05, 3.63) is 48.5 Å². The summed E-state index contributed by atoms with van der Waals surface area (Å²) in [5.74, 6) is -0.314. The maximum absolute atomic E-state index is 13.0. The van der Waals surface area contributed by atoms with Gasteiger partial charge in [-0.3, -0.25) is 4.79 Å². The van der Waals surface area contributed by atoms with Crippen LogP contribution >= 0.6 is 0 Å². The molecule has 1 atom stereocenters.